The highest BCUT2D eigenvalue weighted by molar-refractivity contribution is 5.99. The zero-order valence-corrected chi connectivity index (χ0v) is 26.0. The van der Waals surface area contributed by atoms with Crippen molar-refractivity contribution in [2.24, 2.45) is 0 Å². The Morgan fingerprint density at radius 1 is 0.574 bits per heavy atom. The van der Waals surface area contributed by atoms with Crippen LogP contribution in [0, 0.1) is 0 Å². The number of benzene rings is 6. The summed E-state index contributed by atoms with van der Waals surface area (Å²) < 4.78 is 5.52. The van der Waals surface area contributed by atoms with E-state index in [1.807, 2.05) is 72.8 Å². The lowest BCUT2D eigenvalue weighted by atomic mass is 9.71. The molecule has 0 aliphatic rings. The van der Waals surface area contributed by atoms with Gasteiger partial charge in [0, 0.05) is 11.0 Å². The van der Waals surface area contributed by atoms with Crippen LogP contribution >= 0.6 is 0 Å². The summed E-state index contributed by atoms with van der Waals surface area (Å²) in [7, 11) is 0. The summed E-state index contributed by atoms with van der Waals surface area (Å²) >= 11 is 0. The van der Waals surface area contributed by atoms with Crippen molar-refractivity contribution in [2.45, 2.75) is 18.9 Å². The minimum Gasteiger partial charge on any atom is -0.457 e. The highest BCUT2D eigenvalue weighted by Gasteiger charge is 2.30. The van der Waals surface area contributed by atoms with Crippen LogP contribution in [0.15, 0.2) is 170 Å². The molecule has 0 spiro atoms. The SMILES string of the molecule is CC(c1ccccc1)(c1ccccc1)c1ccccc1.O=C(OCc1ccccc1)c1ccccc1-c1ccccc1-c1nn[nH]n1. The quantitative estimate of drug-likeness (QED) is 0.137. The van der Waals surface area contributed by atoms with E-state index in [1.165, 1.54) is 16.7 Å². The first kappa shape index (κ1) is 30.9. The van der Waals surface area contributed by atoms with Gasteiger partial charge in [0.2, 0.25) is 5.82 Å². The predicted octanol–water partition coefficient (Wildman–Crippen LogP) is 8.93. The molecule has 0 unspecified atom stereocenters. The number of aromatic nitrogens is 4. The Labute approximate surface area is 274 Å². The van der Waals surface area contributed by atoms with E-state index >= 15 is 0 Å². The van der Waals surface area contributed by atoms with E-state index in [1.54, 1.807) is 6.07 Å². The van der Waals surface area contributed by atoms with Crippen LogP contribution in [0.1, 0.15) is 39.5 Å². The number of esters is 1. The number of tetrazole rings is 1. The van der Waals surface area contributed by atoms with Gasteiger partial charge in [-0.2, -0.15) is 5.21 Å². The van der Waals surface area contributed by atoms with E-state index in [0.717, 1.165) is 22.3 Å². The van der Waals surface area contributed by atoms with Crippen molar-refractivity contribution in [3.63, 3.8) is 0 Å². The molecule has 0 amide bonds. The summed E-state index contributed by atoms with van der Waals surface area (Å²) in [5.74, 6) is 0.0930. The minimum atomic E-state index is -0.377. The first-order chi connectivity index (χ1) is 23.1. The summed E-state index contributed by atoms with van der Waals surface area (Å²) in [5, 5.41) is 14.2. The number of rotatable bonds is 8. The second kappa shape index (κ2) is 14.8. The molecule has 7 aromatic rings. The first-order valence-corrected chi connectivity index (χ1v) is 15.4. The molecule has 6 aromatic carbocycles. The number of carbonyl (C=O) groups excluding carboxylic acids is 1. The number of carbonyl (C=O) groups is 1. The second-order valence-corrected chi connectivity index (χ2v) is 11.1. The fraction of sp³-hybridized carbons (Fsp3) is 0.0732. The van der Waals surface area contributed by atoms with E-state index in [4.69, 9.17) is 4.74 Å². The van der Waals surface area contributed by atoms with Crippen molar-refractivity contribution in [2.75, 3.05) is 0 Å². The third kappa shape index (κ3) is 7.08. The van der Waals surface area contributed by atoms with Crippen LogP contribution in [0.4, 0.5) is 0 Å². The van der Waals surface area contributed by atoms with E-state index in [-0.39, 0.29) is 18.0 Å². The minimum absolute atomic E-state index is 0.121. The molecule has 0 saturated heterocycles. The van der Waals surface area contributed by atoms with Gasteiger partial charge in [0.15, 0.2) is 0 Å². The number of aromatic amines is 1. The molecule has 1 aromatic heterocycles. The molecule has 47 heavy (non-hydrogen) atoms. The maximum atomic E-state index is 12.7. The molecule has 230 valence electrons. The Kier molecular flexibility index (Phi) is 9.69. The highest BCUT2D eigenvalue weighted by atomic mass is 16.5. The van der Waals surface area contributed by atoms with Crippen LogP contribution in [0.25, 0.3) is 22.5 Å². The molecule has 6 heteroatoms. The van der Waals surface area contributed by atoms with Gasteiger partial charge >= 0.3 is 5.97 Å². The first-order valence-electron chi connectivity index (χ1n) is 15.4. The molecule has 0 atom stereocenters. The number of nitrogens with one attached hydrogen (secondary N) is 1. The predicted molar refractivity (Wildman–Crippen MR) is 185 cm³/mol. The van der Waals surface area contributed by atoms with Crippen LogP contribution in [0.5, 0.6) is 0 Å². The van der Waals surface area contributed by atoms with Gasteiger partial charge in [0.1, 0.15) is 6.61 Å². The standard InChI is InChI=1S/C21H16N4O2.C20H18/c26-21(27-14-15-8-2-1-3-9-15)19-13-7-5-11-17(19)16-10-4-6-12-18(16)20-22-24-25-23-20;1-20(17-11-5-2-6-12-17,18-13-7-3-8-14-18)19-15-9-4-10-16-19/h1-13H,14H2,(H,22,23,24,25);2-16H,1H3. The summed E-state index contributed by atoms with van der Waals surface area (Å²) in [6.45, 7) is 2.52. The monoisotopic (exact) mass is 614 g/mol. The Bertz CT molecular complexity index is 1900. The number of H-pyrrole nitrogens is 1. The van der Waals surface area contributed by atoms with Gasteiger partial charge in [-0.25, -0.2) is 4.79 Å². The van der Waals surface area contributed by atoms with Gasteiger partial charge in [-0.15, -0.1) is 10.2 Å². The summed E-state index contributed by atoms with van der Waals surface area (Å²) in [4.78, 5) is 12.7. The molecule has 1 heterocycles. The zero-order valence-electron chi connectivity index (χ0n) is 26.0. The van der Waals surface area contributed by atoms with Crippen LogP contribution < -0.4 is 0 Å². The van der Waals surface area contributed by atoms with E-state index in [9.17, 15) is 4.79 Å². The molecule has 7 rings (SSSR count). The van der Waals surface area contributed by atoms with Crippen LogP contribution in [-0.4, -0.2) is 26.6 Å². The van der Waals surface area contributed by atoms with Gasteiger partial charge in [-0.1, -0.05) is 164 Å². The maximum Gasteiger partial charge on any atom is 0.339 e. The fourth-order valence-corrected chi connectivity index (χ4v) is 5.70. The smallest absolute Gasteiger partial charge is 0.339 e. The van der Waals surface area contributed by atoms with Crippen LogP contribution in [0.2, 0.25) is 0 Å². The van der Waals surface area contributed by atoms with Crippen molar-refractivity contribution >= 4 is 5.97 Å². The van der Waals surface area contributed by atoms with E-state index < -0.39 is 0 Å². The van der Waals surface area contributed by atoms with Gasteiger partial charge in [0.25, 0.3) is 0 Å². The van der Waals surface area contributed by atoms with Gasteiger partial charge in [-0.3, -0.25) is 0 Å². The lowest BCUT2D eigenvalue weighted by Crippen LogP contribution is -2.25. The third-order valence-corrected chi connectivity index (χ3v) is 8.22. The van der Waals surface area contributed by atoms with E-state index in [2.05, 4.69) is 119 Å². The Morgan fingerprint density at radius 2 is 1.02 bits per heavy atom. The lowest BCUT2D eigenvalue weighted by Gasteiger charge is -2.31. The second-order valence-electron chi connectivity index (χ2n) is 11.1. The molecular formula is C41H34N4O2. The van der Waals surface area contributed by atoms with Gasteiger partial charge in [-0.05, 0) is 51.6 Å². The Hall–Kier alpha value is -6.14. The molecule has 0 aliphatic carbocycles. The molecule has 0 fully saturated rings. The topological polar surface area (TPSA) is 80.8 Å². The fourth-order valence-electron chi connectivity index (χ4n) is 5.70. The number of nitrogens with zero attached hydrogens (tertiary/aromatic N) is 3. The summed E-state index contributed by atoms with van der Waals surface area (Å²) in [5.41, 5.74) is 7.65. The lowest BCUT2D eigenvalue weighted by molar-refractivity contribution is 0.0473. The Morgan fingerprint density at radius 3 is 1.53 bits per heavy atom. The summed E-state index contributed by atoms with van der Waals surface area (Å²) in [6.07, 6.45) is 0. The molecular weight excluding hydrogens is 580 g/mol. The number of hydrogen-bond acceptors (Lipinski definition) is 5. The zero-order chi connectivity index (χ0) is 32.3. The molecule has 6 nitrogen and oxygen atoms in total. The Balaban J connectivity index is 0.000000172. The summed E-state index contributed by atoms with van der Waals surface area (Å²) in [6, 6.07) is 56.7. The van der Waals surface area contributed by atoms with Gasteiger partial charge < -0.3 is 4.74 Å². The molecule has 0 bridgehead atoms. The van der Waals surface area contributed by atoms with Crippen molar-refractivity contribution in [1.29, 1.82) is 0 Å². The molecule has 1 N–H and O–H groups in total. The van der Waals surface area contributed by atoms with Gasteiger partial charge in [0.05, 0.1) is 5.56 Å². The average molecular weight is 615 g/mol. The molecule has 0 aliphatic heterocycles. The molecule has 0 radical (unpaired) electrons. The van der Waals surface area contributed by atoms with Crippen LogP contribution in [-0.2, 0) is 16.8 Å². The average Bonchev–Trinajstić information content (AvgIpc) is 3.71. The largest absolute Gasteiger partial charge is 0.457 e. The third-order valence-electron chi connectivity index (χ3n) is 8.22. The highest BCUT2D eigenvalue weighted by Crippen LogP contribution is 2.38. The van der Waals surface area contributed by atoms with E-state index in [0.29, 0.717) is 11.4 Å². The van der Waals surface area contributed by atoms with Crippen molar-refractivity contribution in [3.8, 4) is 22.5 Å². The van der Waals surface area contributed by atoms with Crippen LogP contribution in [0.3, 0.4) is 0 Å². The molecule has 0 saturated carbocycles. The number of hydrogen-bond donors (Lipinski definition) is 1. The van der Waals surface area contributed by atoms with Crippen molar-refractivity contribution in [3.05, 3.63) is 198 Å². The van der Waals surface area contributed by atoms with Crippen molar-refractivity contribution in [1.82, 2.24) is 20.6 Å². The maximum absolute atomic E-state index is 12.7. The number of ether oxygens (including phenoxy) is 1. The normalized spacial score (nSPS) is 10.8. The van der Waals surface area contributed by atoms with Crippen molar-refractivity contribution < 1.29 is 9.53 Å².